The zero-order valence-corrected chi connectivity index (χ0v) is 34.7. The number of rotatable bonds is 7. The van der Waals surface area contributed by atoms with Gasteiger partial charge in [0.2, 0.25) is 0 Å². The van der Waals surface area contributed by atoms with Gasteiger partial charge in [-0.25, -0.2) is 0 Å². The number of nitrogens with two attached hydrogens (primary N) is 3. The predicted molar refractivity (Wildman–Crippen MR) is 248 cm³/mol. The fraction of sp³-hybridized carbons (Fsp3) is 0.275. The average molecular weight is 803 g/mol. The van der Waals surface area contributed by atoms with Crippen LogP contribution < -0.4 is 33.2 Å². The second kappa shape index (κ2) is 19.9. The fourth-order valence-electron chi connectivity index (χ4n) is 8.07. The first kappa shape index (κ1) is 41.5. The van der Waals surface area contributed by atoms with Crippen molar-refractivity contribution in [3.63, 3.8) is 0 Å². The Morgan fingerprint density at radius 2 is 0.831 bits per heavy atom. The fourth-order valence-corrected chi connectivity index (χ4v) is 8.19. The molecule has 3 atom stereocenters. The van der Waals surface area contributed by atoms with E-state index < -0.39 is 0 Å². The van der Waals surface area contributed by atoms with Crippen LogP contribution in [0.25, 0.3) is 0 Å². The number of benzene rings is 6. The Balaban J connectivity index is 0.000000134. The summed E-state index contributed by atoms with van der Waals surface area (Å²) in [6.45, 7) is 2.18. The summed E-state index contributed by atoms with van der Waals surface area (Å²) in [5, 5.41) is 19.8. The predicted octanol–water partition coefficient (Wildman–Crippen LogP) is 10.8. The van der Waals surface area contributed by atoms with E-state index in [-0.39, 0.29) is 0 Å². The molecule has 3 aliphatic carbocycles. The third-order valence-corrected chi connectivity index (χ3v) is 11.8. The molecule has 0 fully saturated rings. The van der Waals surface area contributed by atoms with Crippen molar-refractivity contribution < 1.29 is 0 Å². The lowest BCUT2D eigenvalue weighted by Gasteiger charge is -2.22. The highest BCUT2D eigenvalue weighted by molar-refractivity contribution is 6.30. The quantitative estimate of drug-likeness (QED) is 0.0945. The molecule has 8 heteroatoms. The van der Waals surface area contributed by atoms with Crippen LogP contribution in [0.5, 0.6) is 0 Å². The van der Waals surface area contributed by atoms with E-state index in [4.69, 9.17) is 34.1 Å². The van der Waals surface area contributed by atoms with Crippen molar-refractivity contribution in [2.75, 3.05) is 16.0 Å². The number of nitrogens with zero attached hydrogens (tertiary/aromatic N) is 1. The van der Waals surface area contributed by atoms with E-state index in [0.717, 1.165) is 97.7 Å². The molecular formula is C51H56ClN7. The minimum absolute atomic E-state index is 0.305. The van der Waals surface area contributed by atoms with Gasteiger partial charge in [0.15, 0.2) is 0 Å². The molecule has 0 aromatic heterocycles. The second-order valence-corrected chi connectivity index (χ2v) is 16.5. The maximum atomic E-state index is 8.79. The van der Waals surface area contributed by atoms with Crippen molar-refractivity contribution in [2.45, 2.75) is 89.3 Å². The van der Waals surface area contributed by atoms with Crippen LogP contribution in [0.4, 0.5) is 34.1 Å². The molecule has 59 heavy (non-hydrogen) atoms. The maximum absolute atomic E-state index is 8.79. The molecule has 0 saturated carbocycles. The van der Waals surface area contributed by atoms with Gasteiger partial charge in [-0.05, 0) is 200 Å². The molecule has 0 unspecified atom stereocenters. The zero-order valence-electron chi connectivity index (χ0n) is 34.0. The highest BCUT2D eigenvalue weighted by atomic mass is 35.5. The number of nitriles is 1. The number of aryl methyl sites for hydroxylation is 4. The van der Waals surface area contributed by atoms with E-state index in [1.54, 1.807) is 0 Å². The van der Waals surface area contributed by atoms with Gasteiger partial charge in [0.1, 0.15) is 0 Å². The van der Waals surface area contributed by atoms with Gasteiger partial charge in [-0.2, -0.15) is 5.26 Å². The van der Waals surface area contributed by atoms with E-state index >= 15 is 0 Å². The summed E-state index contributed by atoms with van der Waals surface area (Å²) in [6.07, 6.45) is 10.5. The molecule has 9 N–H and O–H groups in total. The van der Waals surface area contributed by atoms with Crippen LogP contribution in [-0.4, -0.2) is 18.1 Å². The summed E-state index contributed by atoms with van der Waals surface area (Å²) in [6, 6.07) is 46.6. The zero-order chi connectivity index (χ0) is 41.1. The maximum Gasteiger partial charge on any atom is 0.0991 e. The smallest absolute Gasteiger partial charge is 0.0991 e. The Morgan fingerprint density at radius 1 is 0.492 bits per heavy atom. The number of anilines is 6. The van der Waals surface area contributed by atoms with Crippen molar-refractivity contribution in [1.29, 1.82) is 5.26 Å². The largest absolute Gasteiger partial charge is 0.356 e. The van der Waals surface area contributed by atoms with Crippen molar-refractivity contribution in [2.24, 2.45) is 17.2 Å². The number of halogens is 1. The number of fused-ring (bicyclic) bond motifs is 3. The summed E-state index contributed by atoms with van der Waals surface area (Å²) < 4.78 is 0. The number of hydrogen-bond donors (Lipinski definition) is 6. The molecule has 6 aromatic rings. The Kier molecular flexibility index (Phi) is 14.0. The molecule has 0 heterocycles. The SMILES string of the molecule is CCc1ccc(Nc2ccc3c(c2)CC[C@H](N)C3)cc1.N#Cc1ccc(Nc2ccc3c(c2)CC[C@H](N)C3)cc1.N[C@H]1CCc2cc(Nc3ccc(Cl)cc3)ccc2C1. The molecule has 302 valence electrons. The summed E-state index contributed by atoms with van der Waals surface area (Å²) in [5.74, 6) is 0. The lowest BCUT2D eigenvalue weighted by atomic mass is 9.88. The van der Waals surface area contributed by atoms with Crippen molar-refractivity contribution in [1.82, 2.24) is 0 Å². The van der Waals surface area contributed by atoms with Crippen LogP contribution in [0.3, 0.4) is 0 Å². The summed E-state index contributed by atoms with van der Waals surface area (Å²) in [5.41, 5.74) is 35.1. The molecule has 6 aromatic carbocycles. The molecule has 0 aliphatic heterocycles. The van der Waals surface area contributed by atoms with Crippen LogP contribution in [0.15, 0.2) is 127 Å². The molecule has 0 radical (unpaired) electrons. The van der Waals surface area contributed by atoms with Gasteiger partial charge in [-0.15, -0.1) is 0 Å². The number of nitrogens with one attached hydrogen (secondary N) is 3. The molecule has 0 saturated heterocycles. The Morgan fingerprint density at radius 3 is 1.19 bits per heavy atom. The van der Waals surface area contributed by atoms with E-state index in [0.29, 0.717) is 23.7 Å². The first-order valence-corrected chi connectivity index (χ1v) is 21.4. The summed E-state index contributed by atoms with van der Waals surface area (Å²) in [7, 11) is 0. The topological polar surface area (TPSA) is 138 Å². The summed E-state index contributed by atoms with van der Waals surface area (Å²) in [4.78, 5) is 0. The number of hydrogen-bond acceptors (Lipinski definition) is 7. The third-order valence-electron chi connectivity index (χ3n) is 11.5. The van der Waals surface area contributed by atoms with E-state index in [9.17, 15) is 0 Å². The van der Waals surface area contributed by atoms with Crippen LogP contribution >= 0.6 is 11.6 Å². The van der Waals surface area contributed by atoms with E-state index in [2.05, 4.69) is 108 Å². The lowest BCUT2D eigenvalue weighted by Crippen LogP contribution is -2.27. The van der Waals surface area contributed by atoms with Gasteiger partial charge in [0, 0.05) is 57.3 Å². The van der Waals surface area contributed by atoms with Crippen molar-refractivity contribution in [3.8, 4) is 6.07 Å². The highest BCUT2D eigenvalue weighted by Gasteiger charge is 2.17. The van der Waals surface area contributed by atoms with Crippen molar-refractivity contribution in [3.05, 3.63) is 177 Å². The second-order valence-electron chi connectivity index (χ2n) is 16.1. The normalized spacial score (nSPS) is 17.5. The first-order chi connectivity index (χ1) is 28.7. The molecule has 9 rings (SSSR count). The monoisotopic (exact) mass is 801 g/mol. The Hall–Kier alpha value is -5.62. The molecular weight excluding hydrogens is 746 g/mol. The molecule has 0 amide bonds. The first-order valence-electron chi connectivity index (χ1n) is 21.0. The van der Waals surface area contributed by atoms with E-state index in [1.165, 1.54) is 44.6 Å². The Bertz CT molecular complexity index is 2350. The van der Waals surface area contributed by atoms with Gasteiger partial charge >= 0.3 is 0 Å². The Labute approximate surface area is 355 Å². The molecule has 3 aliphatic rings. The standard InChI is InChI=1S/C18H22N2.C17H17N3.C16H17ClN2/c1-2-13-3-8-17(9-4-13)20-18-10-6-14-11-16(19)7-5-15(14)12-18;18-11-12-1-6-16(7-2-12)20-17-8-4-13-9-15(19)5-3-14(13)10-17;17-13-3-7-15(8-4-13)19-16-6-2-11-9-14(18)5-1-12(11)10-16/h3-4,6,8-10,12,16,20H,2,5,7,11,19H2,1H3;1-2,4,6-8,10,15,20H,3,5,9,19H2;2-4,6-8,10,14,19H,1,5,9,18H2/t16-;15-;14-/m000/s1. The van der Waals surface area contributed by atoms with Gasteiger partial charge in [0.05, 0.1) is 11.6 Å². The van der Waals surface area contributed by atoms with Gasteiger partial charge in [-0.3, -0.25) is 0 Å². The van der Waals surface area contributed by atoms with Crippen LogP contribution in [0, 0.1) is 11.3 Å². The van der Waals surface area contributed by atoms with E-state index in [1.807, 2.05) is 48.5 Å². The average Bonchev–Trinajstić information content (AvgIpc) is 3.26. The minimum Gasteiger partial charge on any atom is -0.356 e. The van der Waals surface area contributed by atoms with Crippen LogP contribution in [0.1, 0.15) is 70.7 Å². The lowest BCUT2D eigenvalue weighted by molar-refractivity contribution is 0.576. The molecule has 0 spiro atoms. The highest BCUT2D eigenvalue weighted by Crippen LogP contribution is 2.29. The van der Waals surface area contributed by atoms with Crippen LogP contribution in [-0.2, 0) is 44.9 Å². The molecule has 0 bridgehead atoms. The third kappa shape index (κ3) is 11.7. The van der Waals surface area contributed by atoms with Crippen LogP contribution in [0.2, 0.25) is 5.02 Å². The summed E-state index contributed by atoms with van der Waals surface area (Å²) >= 11 is 5.88. The minimum atomic E-state index is 0.305. The van der Waals surface area contributed by atoms with Gasteiger partial charge < -0.3 is 33.2 Å². The van der Waals surface area contributed by atoms with Crippen molar-refractivity contribution >= 4 is 45.7 Å². The van der Waals surface area contributed by atoms with Gasteiger partial charge in [0.25, 0.3) is 0 Å². The molecule has 7 nitrogen and oxygen atoms in total. The van der Waals surface area contributed by atoms with Gasteiger partial charge in [-0.1, -0.05) is 48.9 Å².